The van der Waals surface area contributed by atoms with Crippen LogP contribution in [-0.2, 0) is 10.2 Å². The van der Waals surface area contributed by atoms with E-state index in [1.54, 1.807) is 7.11 Å². The van der Waals surface area contributed by atoms with Crippen LogP contribution in [0.1, 0.15) is 51.2 Å². The maximum Gasteiger partial charge on any atom is 0.137 e. The van der Waals surface area contributed by atoms with Crippen molar-refractivity contribution in [3.8, 4) is 5.75 Å². The summed E-state index contributed by atoms with van der Waals surface area (Å²) >= 11 is 0. The first kappa shape index (κ1) is 15.1. The van der Waals surface area contributed by atoms with Crippen LogP contribution >= 0.6 is 0 Å². The van der Waals surface area contributed by atoms with Crippen molar-refractivity contribution < 1.29 is 9.53 Å². The molecule has 0 bridgehead atoms. The minimum atomic E-state index is -0.172. The van der Waals surface area contributed by atoms with Gasteiger partial charge in [-0.05, 0) is 31.7 Å². The number of benzene rings is 1. The lowest BCUT2D eigenvalue weighted by molar-refractivity contribution is -0.128. The topological polar surface area (TPSA) is 26.3 Å². The summed E-state index contributed by atoms with van der Waals surface area (Å²) in [6.45, 7) is 8.63. The van der Waals surface area contributed by atoms with Crippen LogP contribution in [0.15, 0.2) is 18.2 Å². The molecule has 0 aliphatic heterocycles. The van der Waals surface area contributed by atoms with Gasteiger partial charge in [-0.2, -0.15) is 0 Å². The summed E-state index contributed by atoms with van der Waals surface area (Å²) < 4.78 is 5.52. The average Bonchev–Trinajstić information content (AvgIpc) is 2.38. The van der Waals surface area contributed by atoms with Crippen molar-refractivity contribution in [1.82, 2.24) is 0 Å². The van der Waals surface area contributed by atoms with Gasteiger partial charge in [0.25, 0.3) is 0 Å². The summed E-state index contributed by atoms with van der Waals surface area (Å²) in [6, 6.07) is 6.25. The molecule has 1 aromatic carbocycles. The second-order valence-corrected chi connectivity index (χ2v) is 6.83. The van der Waals surface area contributed by atoms with Crippen molar-refractivity contribution in [2.45, 2.75) is 52.4 Å². The summed E-state index contributed by atoms with van der Waals surface area (Å²) in [6.07, 6.45) is 2.86. The third-order valence-corrected chi connectivity index (χ3v) is 4.81. The van der Waals surface area contributed by atoms with Crippen LogP contribution in [-0.4, -0.2) is 12.9 Å². The fraction of sp³-hybridized carbons (Fsp3) is 0.611. The molecule has 110 valence electrons. The number of Topliss-reactive ketones (excluding diaryl/α,β-unsaturated/α-hetero) is 1. The highest BCUT2D eigenvalue weighted by Crippen LogP contribution is 2.43. The first-order chi connectivity index (χ1) is 9.36. The highest BCUT2D eigenvalue weighted by atomic mass is 16.5. The lowest BCUT2D eigenvalue weighted by atomic mass is 9.65. The third kappa shape index (κ3) is 2.74. The van der Waals surface area contributed by atoms with E-state index >= 15 is 0 Å². The minimum Gasteiger partial charge on any atom is -0.496 e. The number of ketones is 1. The smallest absolute Gasteiger partial charge is 0.137 e. The van der Waals surface area contributed by atoms with Crippen LogP contribution in [0.25, 0.3) is 0 Å². The Labute approximate surface area is 122 Å². The van der Waals surface area contributed by atoms with E-state index in [4.69, 9.17) is 4.74 Å². The number of carbonyl (C=O) groups is 1. The van der Waals surface area contributed by atoms with Gasteiger partial charge in [-0.3, -0.25) is 4.79 Å². The number of hydrogen-bond donors (Lipinski definition) is 0. The number of hydrogen-bond acceptors (Lipinski definition) is 2. The number of ether oxygens (including phenoxy) is 1. The van der Waals surface area contributed by atoms with Gasteiger partial charge in [-0.15, -0.1) is 0 Å². The molecule has 1 saturated carbocycles. The lowest BCUT2D eigenvalue weighted by Crippen LogP contribution is -2.38. The van der Waals surface area contributed by atoms with Crippen LogP contribution in [0.3, 0.4) is 0 Å². The molecule has 1 aromatic rings. The Morgan fingerprint density at radius 2 is 1.95 bits per heavy atom. The minimum absolute atomic E-state index is 0.106. The number of carbonyl (C=O) groups excluding carboxylic acids is 1. The normalized spacial score (nSPS) is 23.8. The molecule has 0 amide bonds. The molecular weight excluding hydrogens is 248 g/mol. The van der Waals surface area contributed by atoms with Crippen LogP contribution in [0, 0.1) is 18.8 Å². The molecule has 2 atom stereocenters. The maximum atomic E-state index is 12.5. The first-order valence-corrected chi connectivity index (χ1v) is 7.54. The van der Waals surface area contributed by atoms with Gasteiger partial charge in [0.1, 0.15) is 11.5 Å². The highest BCUT2D eigenvalue weighted by Gasteiger charge is 2.40. The molecule has 20 heavy (non-hydrogen) atoms. The van der Waals surface area contributed by atoms with Crippen LogP contribution in [0.5, 0.6) is 5.75 Å². The van der Waals surface area contributed by atoms with E-state index in [1.165, 1.54) is 5.56 Å². The standard InChI is InChI=1S/C18H26O2/c1-12-7-9-17(20-5)15(10-12)18(3,4)14-8-6-13(2)11-16(14)19/h7,9-10,13-14H,6,8,11H2,1-5H3. The van der Waals surface area contributed by atoms with Crippen LogP contribution in [0.4, 0.5) is 0 Å². The SMILES string of the molecule is COc1ccc(C)cc1C(C)(C)C1CCC(C)CC1=O. The Kier molecular flexibility index (Phi) is 4.22. The Morgan fingerprint density at radius 1 is 1.25 bits per heavy atom. The molecule has 2 unspecified atom stereocenters. The molecular formula is C18H26O2. The van der Waals surface area contributed by atoms with Crippen molar-refractivity contribution in [3.05, 3.63) is 29.3 Å². The Bertz CT molecular complexity index is 502. The van der Waals surface area contributed by atoms with Gasteiger partial charge in [0.15, 0.2) is 0 Å². The van der Waals surface area contributed by atoms with Gasteiger partial charge in [0.2, 0.25) is 0 Å². The molecule has 0 radical (unpaired) electrons. The van der Waals surface area contributed by atoms with Gasteiger partial charge in [-0.25, -0.2) is 0 Å². The number of methoxy groups -OCH3 is 1. The van der Waals surface area contributed by atoms with E-state index < -0.39 is 0 Å². The van der Waals surface area contributed by atoms with Gasteiger partial charge in [-0.1, -0.05) is 38.5 Å². The van der Waals surface area contributed by atoms with Gasteiger partial charge >= 0.3 is 0 Å². The quantitative estimate of drug-likeness (QED) is 0.822. The number of aryl methyl sites for hydroxylation is 1. The molecule has 2 heteroatoms. The van der Waals surface area contributed by atoms with Gasteiger partial charge in [0, 0.05) is 23.3 Å². The fourth-order valence-electron chi connectivity index (χ4n) is 3.48. The van der Waals surface area contributed by atoms with Gasteiger partial charge < -0.3 is 4.74 Å². The molecule has 0 saturated heterocycles. The maximum absolute atomic E-state index is 12.5. The van der Waals surface area contributed by atoms with Crippen LogP contribution in [0.2, 0.25) is 0 Å². The predicted molar refractivity (Wildman–Crippen MR) is 82.3 cm³/mol. The molecule has 2 rings (SSSR count). The van der Waals surface area contributed by atoms with Crippen LogP contribution < -0.4 is 4.74 Å². The fourth-order valence-corrected chi connectivity index (χ4v) is 3.48. The number of rotatable bonds is 3. The second-order valence-electron chi connectivity index (χ2n) is 6.83. The third-order valence-electron chi connectivity index (χ3n) is 4.81. The van der Waals surface area contributed by atoms with Crippen molar-refractivity contribution in [2.24, 2.45) is 11.8 Å². The van der Waals surface area contributed by atoms with Crippen molar-refractivity contribution >= 4 is 5.78 Å². The molecule has 0 aromatic heterocycles. The van der Waals surface area contributed by atoms with E-state index in [0.717, 1.165) is 30.6 Å². The molecule has 1 aliphatic carbocycles. The second kappa shape index (κ2) is 5.59. The predicted octanol–water partition coefficient (Wildman–Crippen LogP) is 4.29. The van der Waals surface area contributed by atoms with E-state index in [9.17, 15) is 4.79 Å². The van der Waals surface area contributed by atoms with E-state index in [1.807, 2.05) is 6.07 Å². The highest BCUT2D eigenvalue weighted by molar-refractivity contribution is 5.83. The van der Waals surface area contributed by atoms with Crippen molar-refractivity contribution in [3.63, 3.8) is 0 Å². The molecule has 1 fully saturated rings. The lowest BCUT2D eigenvalue weighted by Gasteiger charge is -2.38. The summed E-state index contributed by atoms with van der Waals surface area (Å²) in [5.74, 6) is 1.95. The van der Waals surface area contributed by atoms with Gasteiger partial charge in [0.05, 0.1) is 7.11 Å². The van der Waals surface area contributed by atoms with E-state index in [0.29, 0.717) is 11.7 Å². The molecule has 2 nitrogen and oxygen atoms in total. The van der Waals surface area contributed by atoms with E-state index in [2.05, 4.69) is 39.8 Å². The summed E-state index contributed by atoms with van der Waals surface area (Å²) in [5, 5.41) is 0. The van der Waals surface area contributed by atoms with E-state index in [-0.39, 0.29) is 11.3 Å². The zero-order valence-electron chi connectivity index (χ0n) is 13.3. The summed E-state index contributed by atoms with van der Waals surface area (Å²) in [4.78, 5) is 12.5. The van der Waals surface area contributed by atoms with Crippen molar-refractivity contribution in [2.75, 3.05) is 7.11 Å². The average molecular weight is 274 g/mol. The molecule has 1 aliphatic rings. The summed E-state index contributed by atoms with van der Waals surface area (Å²) in [7, 11) is 1.70. The largest absolute Gasteiger partial charge is 0.496 e. The Morgan fingerprint density at radius 3 is 2.55 bits per heavy atom. The Hall–Kier alpha value is -1.31. The van der Waals surface area contributed by atoms with Crippen molar-refractivity contribution in [1.29, 1.82) is 0 Å². The monoisotopic (exact) mass is 274 g/mol. The zero-order valence-corrected chi connectivity index (χ0v) is 13.3. The molecule has 0 heterocycles. The molecule has 0 spiro atoms. The Balaban J connectivity index is 2.39. The molecule has 0 N–H and O–H groups in total. The zero-order chi connectivity index (χ0) is 14.9. The summed E-state index contributed by atoms with van der Waals surface area (Å²) in [5.41, 5.74) is 2.20. The first-order valence-electron chi connectivity index (χ1n) is 7.54.